The average Bonchev–Trinajstić information content (AvgIpc) is 3.06. The van der Waals surface area contributed by atoms with Crippen LogP contribution in [-0.2, 0) is 20.7 Å². The number of methoxy groups -OCH3 is 1. The van der Waals surface area contributed by atoms with E-state index in [1.54, 1.807) is 18.2 Å². The summed E-state index contributed by atoms with van der Waals surface area (Å²) >= 11 is 10.9. The number of aliphatic imine (C=N–C) groups is 1. The summed E-state index contributed by atoms with van der Waals surface area (Å²) in [7, 11) is 1.28. The standard InChI is InChI=1S/C21H18BrClN2O4S/c1-3-12-4-6-14(7-5-12)24-21-25-20(27)17(30-21)10-13-8-15(22)19(16(23)9-13)29-11-18(26)28-2/h4-10H,3,11H2,1-2H3,(H,24,25,27)/b17-10-. The summed E-state index contributed by atoms with van der Waals surface area (Å²) in [5, 5.41) is 3.58. The van der Waals surface area contributed by atoms with Crippen LogP contribution in [0.15, 0.2) is 50.8 Å². The highest BCUT2D eigenvalue weighted by atomic mass is 79.9. The van der Waals surface area contributed by atoms with Crippen molar-refractivity contribution in [1.29, 1.82) is 0 Å². The lowest BCUT2D eigenvalue weighted by atomic mass is 10.2. The summed E-state index contributed by atoms with van der Waals surface area (Å²) in [4.78, 5) is 28.6. The van der Waals surface area contributed by atoms with E-state index in [0.29, 0.717) is 30.9 Å². The van der Waals surface area contributed by atoms with Gasteiger partial charge in [0.25, 0.3) is 5.91 Å². The average molecular weight is 510 g/mol. The van der Waals surface area contributed by atoms with Crippen LogP contribution in [0.1, 0.15) is 18.1 Å². The fourth-order valence-electron chi connectivity index (χ4n) is 2.55. The fourth-order valence-corrected chi connectivity index (χ4v) is 4.38. The van der Waals surface area contributed by atoms with Crippen LogP contribution in [0.3, 0.4) is 0 Å². The molecular weight excluding hydrogens is 492 g/mol. The lowest BCUT2D eigenvalue weighted by Crippen LogP contribution is -2.19. The van der Waals surface area contributed by atoms with E-state index < -0.39 is 5.97 Å². The van der Waals surface area contributed by atoms with Gasteiger partial charge in [0.15, 0.2) is 17.5 Å². The first-order valence-corrected chi connectivity index (χ1v) is 11.0. The molecular formula is C21H18BrClN2O4S. The molecule has 1 saturated heterocycles. The topological polar surface area (TPSA) is 77.0 Å². The Kier molecular flexibility index (Phi) is 7.58. The van der Waals surface area contributed by atoms with Crippen LogP contribution in [0.4, 0.5) is 5.69 Å². The number of hydrogen-bond donors (Lipinski definition) is 1. The Morgan fingerprint density at radius 2 is 2.03 bits per heavy atom. The Labute approximate surface area is 191 Å². The Morgan fingerprint density at radius 1 is 1.30 bits per heavy atom. The van der Waals surface area contributed by atoms with Gasteiger partial charge in [0, 0.05) is 0 Å². The summed E-state index contributed by atoms with van der Waals surface area (Å²) in [5.41, 5.74) is 2.70. The number of nitrogens with one attached hydrogen (secondary N) is 1. The monoisotopic (exact) mass is 508 g/mol. The molecule has 6 nitrogen and oxygen atoms in total. The molecule has 156 valence electrons. The summed E-state index contributed by atoms with van der Waals surface area (Å²) in [6, 6.07) is 11.3. The van der Waals surface area contributed by atoms with Crippen molar-refractivity contribution < 1.29 is 19.1 Å². The van der Waals surface area contributed by atoms with Crippen molar-refractivity contribution in [1.82, 2.24) is 5.32 Å². The zero-order valence-corrected chi connectivity index (χ0v) is 19.4. The second kappa shape index (κ2) is 10.1. The molecule has 30 heavy (non-hydrogen) atoms. The molecule has 1 amide bonds. The van der Waals surface area contributed by atoms with Crippen LogP contribution in [0.5, 0.6) is 5.75 Å². The number of nitrogens with zero attached hydrogens (tertiary/aromatic N) is 1. The highest BCUT2D eigenvalue weighted by Crippen LogP contribution is 2.36. The number of carbonyl (C=O) groups is 2. The smallest absolute Gasteiger partial charge is 0.343 e. The van der Waals surface area contributed by atoms with Crippen molar-refractivity contribution in [2.24, 2.45) is 4.99 Å². The van der Waals surface area contributed by atoms with E-state index in [-0.39, 0.29) is 12.5 Å². The van der Waals surface area contributed by atoms with Crippen LogP contribution < -0.4 is 10.1 Å². The highest BCUT2D eigenvalue weighted by molar-refractivity contribution is 9.10. The van der Waals surface area contributed by atoms with Crippen LogP contribution in [0, 0.1) is 0 Å². The first kappa shape index (κ1) is 22.4. The Balaban J connectivity index is 1.77. The van der Waals surface area contributed by atoms with Gasteiger partial charge in [0.2, 0.25) is 0 Å². The second-order valence-corrected chi connectivity index (χ2v) is 8.47. The van der Waals surface area contributed by atoms with Crippen molar-refractivity contribution in [3.05, 3.63) is 61.9 Å². The van der Waals surface area contributed by atoms with E-state index in [1.807, 2.05) is 24.3 Å². The first-order chi connectivity index (χ1) is 14.4. The number of carbonyl (C=O) groups excluding carboxylic acids is 2. The Hall–Kier alpha value is -2.29. The molecule has 1 heterocycles. The zero-order valence-electron chi connectivity index (χ0n) is 16.2. The van der Waals surface area contributed by atoms with E-state index in [1.165, 1.54) is 24.4 Å². The van der Waals surface area contributed by atoms with Gasteiger partial charge in [-0.1, -0.05) is 30.7 Å². The van der Waals surface area contributed by atoms with Gasteiger partial charge < -0.3 is 14.8 Å². The number of ether oxygens (including phenoxy) is 2. The minimum atomic E-state index is -0.515. The molecule has 2 aromatic carbocycles. The maximum atomic E-state index is 12.3. The van der Waals surface area contributed by atoms with Crippen molar-refractivity contribution in [2.45, 2.75) is 13.3 Å². The number of thioether (sulfide) groups is 1. The largest absolute Gasteiger partial charge is 0.479 e. The first-order valence-electron chi connectivity index (χ1n) is 8.96. The molecule has 1 N–H and O–H groups in total. The SMILES string of the molecule is CCc1ccc(N=C2NC(=O)/C(=C/c3cc(Cl)c(OCC(=O)OC)c(Br)c3)S2)cc1. The van der Waals surface area contributed by atoms with Crippen LogP contribution >= 0.6 is 39.3 Å². The normalized spacial score (nSPS) is 16.1. The molecule has 0 saturated carbocycles. The third-order valence-electron chi connectivity index (χ3n) is 4.11. The number of esters is 1. The molecule has 1 aliphatic heterocycles. The highest BCUT2D eigenvalue weighted by Gasteiger charge is 2.24. The predicted molar refractivity (Wildman–Crippen MR) is 123 cm³/mol. The van der Waals surface area contributed by atoms with Gasteiger partial charge in [0.1, 0.15) is 0 Å². The molecule has 1 fully saturated rings. The molecule has 0 radical (unpaired) electrons. The van der Waals surface area contributed by atoms with E-state index in [0.717, 1.165) is 12.1 Å². The molecule has 0 bridgehead atoms. The van der Waals surface area contributed by atoms with Gasteiger partial charge in [-0.2, -0.15) is 0 Å². The molecule has 1 aliphatic rings. The lowest BCUT2D eigenvalue weighted by molar-refractivity contribution is -0.142. The number of rotatable bonds is 6. The summed E-state index contributed by atoms with van der Waals surface area (Å²) in [6.07, 6.45) is 2.67. The molecule has 0 aliphatic carbocycles. The number of amides is 1. The number of amidine groups is 1. The molecule has 0 atom stereocenters. The summed E-state index contributed by atoms with van der Waals surface area (Å²) in [6.45, 7) is 1.83. The number of benzene rings is 2. The third kappa shape index (κ3) is 5.65. The van der Waals surface area contributed by atoms with Crippen molar-refractivity contribution in [3.63, 3.8) is 0 Å². The predicted octanol–water partition coefficient (Wildman–Crippen LogP) is 5.11. The quantitative estimate of drug-likeness (QED) is 0.433. The maximum Gasteiger partial charge on any atom is 0.343 e. The van der Waals surface area contributed by atoms with E-state index >= 15 is 0 Å². The van der Waals surface area contributed by atoms with Gasteiger partial charge in [-0.25, -0.2) is 9.79 Å². The van der Waals surface area contributed by atoms with Crippen molar-refractivity contribution >= 4 is 68.1 Å². The fraction of sp³-hybridized carbons (Fsp3) is 0.190. The molecule has 2 aromatic rings. The van der Waals surface area contributed by atoms with Gasteiger partial charge in [-0.3, -0.25) is 4.79 Å². The minimum Gasteiger partial charge on any atom is -0.479 e. The van der Waals surface area contributed by atoms with Crippen molar-refractivity contribution in [2.75, 3.05) is 13.7 Å². The summed E-state index contributed by atoms with van der Waals surface area (Å²) < 4.78 is 10.5. The van der Waals surface area contributed by atoms with Gasteiger partial charge in [-0.05, 0) is 75.6 Å². The third-order valence-corrected chi connectivity index (χ3v) is 5.89. The molecule has 0 unspecified atom stereocenters. The number of aryl methyl sites for hydroxylation is 1. The van der Waals surface area contributed by atoms with E-state index in [4.69, 9.17) is 16.3 Å². The second-order valence-electron chi connectivity index (χ2n) is 6.18. The summed E-state index contributed by atoms with van der Waals surface area (Å²) in [5.74, 6) is -0.424. The van der Waals surface area contributed by atoms with E-state index in [9.17, 15) is 9.59 Å². The van der Waals surface area contributed by atoms with Gasteiger partial charge in [-0.15, -0.1) is 0 Å². The number of hydrogen-bond acceptors (Lipinski definition) is 6. The van der Waals surface area contributed by atoms with Crippen LogP contribution in [0.25, 0.3) is 6.08 Å². The molecule has 3 rings (SSSR count). The minimum absolute atomic E-state index is 0.234. The lowest BCUT2D eigenvalue weighted by Gasteiger charge is -2.10. The maximum absolute atomic E-state index is 12.3. The zero-order chi connectivity index (χ0) is 21.7. The van der Waals surface area contributed by atoms with E-state index in [2.05, 4.69) is 37.9 Å². The Morgan fingerprint density at radius 3 is 2.67 bits per heavy atom. The van der Waals surface area contributed by atoms with Crippen LogP contribution in [0.2, 0.25) is 5.02 Å². The number of halogens is 2. The van der Waals surface area contributed by atoms with Crippen molar-refractivity contribution in [3.8, 4) is 5.75 Å². The Bertz CT molecular complexity index is 1010. The molecule has 0 aromatic heterocycles. The molecule has 9 heteroatoms. The van der Waals surface area contributed by atoms with Gasteiger partial charge in [0.05, 0.1) is 27.2 Å². The van der Waals surface area contributed by atoms with Crippen LogP contribution in [-0.4, -0.2) is 30.8 Å². The molecule has 0 spiro atoms. The van der Waals surface area contributed by atoms with Gasteiger partial charge >= 0.3 is 5.97 Å².